The van der Waals surface area contributed by atoms with E-state index in [1.54, 1.807) is 6.08 Å². The fourth-order valence-corrected chi connectivity index (χ4v) is 2.50. The minimum Gasteiger partial charge on any atom is -0.504 e. The van der Waals surface area contributed by atoms with Crippen LogP contribution in [-0.2, 0) is 0 Å². The molecule has 0 aliphatic rings. The largest absolute Gasteiger partial charge is 0.504 e. The summed E-state index contributed by atoms with van der Waals surface area (Å²) in [4.78, 5) is 12.0. The zero-order chi connectivity index (χ0) is 15.2. The first-order valence-electron chi connectivity index (χ1n) is 6.18. The van der Waals surface area contributed by atoms with E-state index >= 15 is 0 Å². The Balaban J connectivity index is 2.17. The first-order chi connectivity index (χ1) is 10.1. The molecule has 0 fully saturated rings. The number of aromatic carboxylic acids is 1. The molecule has 0 aromatic heterocycles. The van der Waals surface area contributed by atoms with Gasteiger partial charge in [0.1, 0.15) is 5.56 Å². The molecule has 0 bridgehead atoms. The predicted octanol–water partition coefficient (Wildman–Crippen LogP) is 3.77. The number of para-hydroxylation sites is 1. The number of phenols is 1. The van der Waals surface area contributed by atoms with E-state index in [2.05, 4.69) is 6.58 Å². The fraction of sp³-hybridized carbons (Fsp3) is 0.0625. The maximum Gasteiger partial charge on any atom is 0.339 e. The normalized spacial score (nSPS) is 11.6. The lowest BCUT2D eigenvalue weighted by Gasteiger charge is -2.16. The number of ether oxygens (including phenoxy) is 1. The van der Waals surface area contributed by atoms with Crippen LogP contribution in [0, 0.1) is 0 Å². The van der Waals surface area contributed by atoms with Gasteiger partial charge in [-0.05, 0) is 30.3 Å². The molecule has 1 atom stereocenters. The second-order valence-electron chi connectivity index (χ2n) is 4.11. The van der Waals surface area contributed by atoms with E-state index in [-0.39, 0.29) is 17.1 Å². The van der Waals surface area contributed by atoms with E-state index in [1.165, 1.54) is 30.0 Å². The molecule has 2 aromatic rings. The van der Waals surface area contributed by atoms with Gasteiger partial charge in [-0.1, -0.05) is 42.6 Å². The van der Waals surface area contributed by atoms with Crippen molar-refractivity contribution in [2.24, 2.45) is 0 Å². The lowest BCUT2D eigenvalue weighted by atomic mass is 10.2. The van der Waals surface area contributed by atoms with Crippen molar-refractivity contribution in [3.63, 3.8) is 0 Å². The van der Waals surface area contributed by atoms with Gasteiger partial charge in [-0.2, -0.15) is 0 Å². The second kappa shape index (κ2) is 6.85. The van der Waals surface area contributed by atoms with Crippen LogP contribution in [0.25, 0.3) is 0 Å². The fourth-order valence-electron chi connectivity index (χ4n) is 1.67. The van der Waals surface area contributed by atoms with E-state index in [9.17, 15) is 9.90 Å². The molecule has 0 heterocycles. The highest BCUT2D eigenvalue weighted by Crippen LogP contribution is 2.34. The minimum atomic E-state index is -1.20. The van der Waals surface area contributed by atoms with Gasteiger partial charge in [-0.15, -0.1) is 0 Å². The zero-order valence-corrected chi connectivity index (χ0v) is 11.9. The predicted molar refractivity (Wildman–Crippen MR) is 82.0 cm³/mol. The highest BCUT2D eigenvalue weighted by Gasteiger charge is 2.16. The highest BCUT2D eigenvalue weighted by molar-refractivity contribution is 8.00. The minimum absolute atomic E-state index is 0.114. The number of hydrogen-bond acceptors (Lipinski definition) is 4. The van der Waals surface area contributed by atoms with Gasteiger partial charge >= 0.3 is 5.97 Å². The third kappa shape index (κ3) is 3.79. The third-order valence-electron chi connectivity index (χ3n) is 2.66. The molecular formula is C16H14O4S. The van der Waals surface area contributed by atoms with Gasteiger partial charge in [0.05, 0.1) is 0 Å². The van der Waals surface area contributed by atoms with Crippen LogP contribution in [0.4, 0.5) is 0 Å². The maximum absolute atomic E-state index is 11.0. The summed E-state index contributed by atoms with van der Waals surface area (Å²) in [5, 5.41) is 18.9. The molecule has 2 rings (SSSR count). The van der Waals surface area contributed by atoms with Crippen LogP contribution in [-0.4, -0.2) is 21.6 Å². The molecule has 1 unspecified atom stereocenters. The Hall–Kier alpha value is -2.40. The van der Waals surface area contributed by atoms with E-state index in [0.29, 0.717) is 0 Å². The molecule has 21 heavy (non-hydrogen) atoms. The number of hydrogen-bond donors (Lipinski definition) is 2. The number of aromatic hydroxyl groups is 1. The summed E-state index contributed by atoms with van der Waals surface area (Å²) in [5.74, 6) is -1.47. The molecule has 2 N–H and O–H groups in total. The Morgan fingerprint density at radius 1 is 1.19 bits per heavy atom. The Morgan fingerprint density at radius 2 is 1.90 bits per heavy atom. The SMILES string of the molecule is C=CC(Oc1cccc(C(=O)O)c1O)Sc1ccccc1. The quantitative estimate of drug-likeness (QED) is 0.483. The van der Waals surface area contributed by atoms with Crippen molar-refractivity contribution in [2.45, 2.75) is 10.3 Å². The highest BCUT2D eigenvalue weighted by atomic mass is 32.2. The molecule has 4 nitrogen and oxygen atoms in total. The van der Waals surface area contributed by atoms with Crippen LogP contribution in [0.5, 0.6) is 11.5 Å². The van der Waals surface area contributed by atoms with E-state index in [0.717, 1.165) is 4.90 Å². The molecule has 0 aliphatic carbocycles. The van der Waals surface area contributed by atoms with Crippen molar-refractivity contribution in [3.8, 4) is 11.5 Å². The van der Waals surface area contributed by atoms with Crippen molar-refractivity contribution in [3.05, 3.63) is 66.7 Å². The van der Waals surface area contributed by atoms with Crippen molar-refractivity contribution < 1.29 is 19.7 Å². The lowest BCUT2D eigenvalue weighted by Crippen LogP contribution is -2.09. The van der Waals surface area contributed by atoms with Crippen molar-refractivity contribution in [2.75, 3.05) is 0 Å². The Morgan fingerprint density at radius 3 is 2.52 bits per heavy atom. The first kappa shape index (κ1) is 15.0. The Kier molecular flexibility index (Phi) is 4.90. The summed E-state index contributed by atoms with van der Waals surface area (Å²) >= 11 is 1.41. The molecule has 2 aromatic carbocycles. The van der Waals surface area contributed by atoms with Crippen molar-refractivity contribution in [1.29, 1.82) is 0 Å². The number of rotatable bonds is 6. The molecule has 0 saturated heterocycles. The second-order valence-corrected chi connectivity index (χ2v) is 5.28. The van der Waals surface area contributed by atoms with Crippen molar-refractivity contribution >= 4 is 17.7 Å². The lowest BCUT2D eigenvalue weighted by molar-refractivity contribution is 0.0693. The Bertz CT molecular complexity index is 640. The van der Waals surface area contributed by atoms with Gasteiger partial charge in [-0.3, -0.25) is 0 Å². The van der Waals surface area contributed by atoms with Crippen LogP contribution in [0.1, 0.15) is 10.4 Å². The molecule has 5 heteroatoms. The number of thioether (sulfide) groups is 1. The summed E-state index contributed by atoms with van der Waals surface area (Å²) in [6, 6.07) is 13.9. The molecule has 108 valence electrons. The first-order valence-corrected chi connectivity index (χ1v) is 7.06. The van der Waals surface area contributed by atoms with Gasteiger partial charge in [0.2, 0.25) is 0 Å². The number of carboxylic acid groups (broad SMARTS) is 1. The van der Waals surface area contributed by atoms with Gasteiger partial charge in [0, 0.05) is 4.90 Å². The summed E-state index contributed by atoms with van der Waals surface area (Å²) in [6.07, 6.45) is 1.59. The van der Waals surface area contributed by atoms with Crippen LogP contribution in [0.3, 0.4) is 0 Å². The standard InChI is InChI=1S/C16H14O4S/c1-2-14(21-11-7-4-3-5-8-11)20-13-10-6-9-12(15(13)17)16(18)19/h2-10,14,17H,1H2,(H,18,19). The van der Waals surface area contributed by atoms with Crippen LogP contribution < -0.4 is 4.74 Å². The smallest absolute Gasteiger partial charge is 0.339 e. The van der Waals surface area contributed by atoms with Crippen LogP contribution in [0.15, 0.2) is 66.1 Å². The van der Waals surface area contributed by atoms with Gasteiger partial charge in [-0.25, -0.2) is 4.79 Å². The van der Waals surface area contributed by atoms with Gasteiger partial charge in [0.25, 0.3) is 0 Å². The summed E-state index contributed by atoms with van der Waals surface area (Å²) in [7, 11) is 0. The summed E-state index contributed by atoms with van der Waals surface area (Å²) < 4.78 is 5.62. The Labute approximate surface area is 126 Å². The average molecular weight is 302 g/mol. The molecule has 0 spiro atoms. The van der Waals surface area contributed by atoms with Gasteiger partial charge in [0.15, 0.2) is 16.9 Å². The maximum atomic E-state index is 11.0. The molecule has 0 amide bonds. The van der Waals surface area contributed by atoms with E-state index in [4.69, 9.17) is 9.84 Å². The monoisotopic (exact) mass is 302 g/mol. The topological polar surface area (TPSA) is 66.8 Å². The molecular weight excluding hydrogens is 288 g/mol. The number of carboxylic acids is 1. The third-order valence-corrected chi connectivity index (χ3v) is 3.73. The van der Waals surface area contributed by atoms with Crippen LogP contribution in [0.2, 0.25) is 0 Å². The number of benzene rings is 2. The molecule has 0 saturated carbocycles. The van der Waals surface area contributed by atoms with E-state index in [1.807, 2.05) is 30.3 Å². The molecule has 0 aliphatic heterocycles. The number of carbonyl (C=O) groups is 1. The summed E-state index contributed by atoms with van der Waals surface area (Å²) in [6.45, 7) is 3.70. The summed E-state index contributed by atoms with van der Waals surface area (Å²) in [5.41, 5.74) is -0.637. The van der Waals surface area contributed by atoms with E-state index < -0.39 is 11.4 Å². The van der Waals surface area contributed by atoms with Crippen molar-refractivity contribution in [1.82, 2.24) is 0 Å². The molecule has 0 radical (unpaired) electrons. The zero-order valence-electron chi connectivity index (χ0n) is 11.1. The average Bonchev–Trinajstić information content (AvgIpc) is 2.49. The van der Waals surface area contributed by atoms with Crippen LogP contribution >= 0.6 is 11.8 Å². The van der Waals surface area contributed by atoms with Gasteiger partial charge < -0.3 is 14.9 Å².